The SMILES string of the molecule is CN(C(=O)CNc1ccccc1)C1CCCCC1N1CCCC1. The molecule has 1 aliphatic carbocycles. The molecular weight excluding hydrogens is 286 g/mol. The van der Waals surface area contributed by atoms with Crippen molar-refractivity contribution in [3.8, 4) is 0 Å². The van der Waals surface area contributed by atoms with Gasteiger partial charge in [0.1, 0.15) is 0 Å². The summed E-state index contributed by atoms with van der Waals surface area (Å²) in [4.78, 5) is 17.3. The van der Waals surface area contributed by atoms with E-state index in [0.29, 0.717) is 18.6 Å². The molecule has 0 aromatic heterocycles. The summed E-state index contributed by atoms with van der Waals surface area (Å²) in [5, 5.41) is 3.24. The summed E-state index contributed by atoms with van der Waals surface area (Å²) in [5.41, 5.74) is 1.01. The normalized spacial score (nSPS) is 25.3. The molecule has 23 heavy (non-hydrogen) atoms. The number of nitrogens with one attached hydrogen (secondary N) is 1. The Labute approximate surface area is 139 Å². The number of hydrogen-bond acceptors (Lipinski definition) is 3. The molecule has 1 aromatic rings. The van der Waals surface area contributed by atoms with Gasteiger partial charge >= 0.3 is 0 Å². The smallest absolute Gasteiger partial charge is 0.241 e. The van der Waals surface area contributed by atoms with Crippen LogP contribution in [-0.4, -0.2) is 54.5 Å². The largest absolute Gasteiger partial charge is 0.376 e. The fraction of sp³-hybridized carbons (Fsp3) is 0.632. The van der Waals surface area contributed by atoms with Gasteiger partial charge in [0.05, 0.1) is 6.54 Å². The first-order valence-corrected chi connectivity index (χ1v) is 9.04. The fourth-order valence-electron chi connectivity index (χ4n) is 4.09. The number of hydrogen-bond donors (Lipinski definition) is 1. The highest BCUT2D eigenvalue weighted by Crippen LogP contribution is 2.29. The molecule has 2 atom stereocenters. The maximum Gasteiger partial charge on any atom is 0.241 e. The molecule has 1 saturated heterocycles. The summed E-state index contributed by atoms with van der Waals surface area (Å²) in [6, 6.07) is 10.9. The number of likely N-dealkylation sites (tertiary alicyclic amines) is 1. The highest BCUT2D eigenvalue weighted by atomic mass is 16.2. The van der Waals surface area contributed by atoms with Gasteiger partial charge in [-0.2, -0.15) is 0 Å². The van der Waals surface area contributed by atoms with Crippen molar-refractivity contribution in [2.24, 2.45) is 0 Å². The van der Waals surface area contributed by atoms with E-state index in [2.05, 4.69) is 10.2 Å². The number of anilines is 1. The van der Waals surface area contributed by atoms with Gasteiger partial charge < -0.3 is 10.2 Å². The average Bonchev–Trinajstić information content (AvgIpc) is 3.14. The summed E-state index contributed by atoms with van der Waals surface area (Å²) in [6.07, 6.45) is 7.58. The zero-order valence-electron chi connectivity index (χ0n) is 14.2. The highest BCUT2D eigenvalue weighted by Gasteiger charge is 2.35. The molecular formula is C19H29N3O. The van der Waals surface area contributed by atoms with Crippen LogP contribution in [0.4, 0.5) is 5.69 Å². The molecule has 1 aromatic carbocycles. The standard InChI is InChI=1S/C19H29N3O/c1-21(19(23)15-20-16-9-3-2-4-10-16)17-11-5-6-12-18(17)22-13-7-8-14-22/h2-4,9-10,17-18,20H,5-8,11-15H2,1H3. The van der Waals surface area contributed by atoms with E-state index in [-0.39, 0.29) is 5.91 Å². The Morgan fingerprint density at radius 3 is 2.57 bits per heavy atom. The third kappa shape index (κ3) is 4.05. The maximum atomic E-state index is 12.6. The molecule has 2 aliphatic rings. The summed E-state index contributed by atoms with van der Waals surface area (Å²) < 4.78 is 0. The number of para-hydroxylation sites is 1. The van der Waals surface area contributed by atoms with Crippen molar-refractivity contribution < 1.29 is 4.79 Å². The van der Waals surface area contributed by atoms with E-state index in [1.165, 1.54) is 45.2 Å². The third-order valence-electron chi connectivity index (χ3n) is 5.41. The predicted molar refractivity (Wildman–Crippen MR) is 94.6 cm³/mol. The predicted octanol–water partition coefficient (Wildman–Crippen LogP) is 2.96. The van der Waals surface area contributed by atoms with Gasteiger partial charge in [-0.05, 0) is 50.9 Å². The summed E-state index contributed by atoms with van der Waals surface area (Å²) in [7, 11) is 1.99. The number of rotatable bonds is 5. The molecule has 1 heterocycles. The molecule has 1 saturated carbocycles. The minimum Gasteiger partial charge on any atom is -0.376 e. The van der Waals surface area contributed by atoms with Gasteiger partial charge in [0.2, 0.25) is 5.91 Å². The molecule has 1 aliphatic heterocycles. The van der Waals surface area contributed by atoms with Gasteiger partial charge in [0.25, 0.3) is 0 Å². The van der Waals surface area contributed by atoms with Gasteiger partial charge in [-0.15, -0.1) is 0 Å². The van der Waals surface area contributed by atoms with E-state index in [1.807, 2.05) is 42.3 Å². The van der Waals surface area contributed by atoms with Crippen LogP contribution in [0, 0.1) is 0 Å². The highest BCUT2D eigenvalue weighted by molar-refractivity contribution is 5.81. The number of nitrogens with zero attached hydrogens (tertiary/aromatic N) is 2. The number of carbonyl (C=O) groups is 1. The van der Waals surface area contributed by atoms with Crippen molar-refractivity contribution >= 4 is 11.6 Å². The van der Waals surface area contributed by atoms with Crippen LogP contribution in [0.15, 0.2) is 30.3 Å². The Balaban J connectivity index is 1.58. The first-order chi connectivity index (χ1) is 11.3. The van der Waals surface area contributed by atoms with Crippen LogP contribution in [0.2, 0.25) is 0 Å². The molecule has 1 amide bonds. The second kappa shape index (κ2) is 7.82. The van der Waals surface area contributed by atoms with Gasteiger partial charge in [0, 0.05) is 24.8 Å². The maximum absolute atomic E-state index is 12.6. The van der Waals surface area contributed by atoms with E-state index in [9.17, 15) is 4.79 Å². The first kappa shape index (κ1) is 16.3. The molecule has 2 unspecified atom stereocenters. The Morgan fingerprint density at radius 1 is 1.13 bits per heavy atom. The second-order valence-electron chi connectivity index (χ2n) is 6.89. The van der Waals surface area contributed by atoms with Gasteiger partial charge in [-0.3, -0.25) is 9.69 Å². The Morgan fingerprint density at radius 2 is 1.83 bits per heavy atom. The summed E-state index contributed by atoms with van der Waals surface area (Å²) in [6.45, 7) is 2.81. The topological polar surface area (TPSA) is 35.6 Å². The lowest BCUT2D eigenvalue weighted by atomic mass is 9.88. The Bertz CT molecular complexity index is 499. The van der Waals surface area contributed by atoms with Crippen molar-refractivity contribution in [3.05, 3.63) is 30.3 Å². The lowest BCUT2D eigenvalue weighted by molar-refractivity contribution is -0.132. The fourth-order valence-corrected chi connectivity index (χ4v) is 4.09. The number of benzene rings is 1. The summed E-state index contributed by atoms with van der Waals surface area (Å²) in [5.74, 6) is 0.199. The minimum absolute atomic E-state index is 0.199. The number of amides is 1. The van der Waals surface area contributed by atoms with Crippen LogP contribution in [0.1, 0.15) is 38.5 Å². The molecule has 0 radical (unpaired) electrons. The monoisotopic (exact) mass is 315 g/mol. The molecule has 2 fully saturated rings. The second-order valence-corrected chi connectivity index (χ2v) is 6.89. The molecule has 4 heteroatoms. The average molecular weight is 315 g/mol. The van der Waals surface area contributed by atoms with E-state index >= 15 is 0 Å². The number of likely N-dealkylation sites (N-methyl/N-ethyl adjacent to an activating group) is 1. The first-order valence-electron chi connectivity index (χ1n) is 9.04. The minimum atomic E-state index is 0.199. The number of carbonyl (C=O) groups excluding carboxylic acids is 1. The van der Waals surface area contributed by atoms with Crippen LogP contribution in [0.5, 0.6) is 0 Å². The quantitative estimate of drug-likeness (QED) is 0.907. The van der Waals surface area contributed by atoms with Crippen molar-refractivity contribution in [1.82, 2.24) is 9.80 Å². The van der Waals surface area contributed by atoms with E-state index in [4.69, 9.17) is 0 Å². The van der Waals surface area contributed by atoms with Crippen LogP contribution < -0.4 is 5.32 Å². The van der Waals surface area contributed by atoms with Crippen LogP contribution in [0.25, 0.3) is 0 Å². The van der Waals surface area contributed by atoms with E-state index in [1.54, 1.807) is 0 Å². The van der Waals surface area contributed by atoms with E-state index < -0.39 is 0 Å². The molecule has 0 spiro atoms. The zero-order chi connectivity index (χ0) is 16.1. The van der Waals surface area contributed by atoms with E-state index in [0.717, 1.165) is 12.1 Å². The van der Waals surface area contributed by atoms with Crippen molar-refractivity contribution in [2.75, 3.05) is 32.0 Å². The van der Waals surface area contributed by atoms with Gasteiger partial charge in [-0.25, -0.2) is 0 Å². The Kier molecular flexibility index (Phi) is 5.55. The third-order valence-corrected chi connectivity index (χ3v) is 5.41. The summed E-state index contributed by atoms with van der Waals surface area (Å²) >= 11 is 0. The van der Waals surface area contributed by atoms with Gasteiger partial charge in [0.15, 0.2) is 0 Å². The van der Waals surface area contributed by atoms with Crippen molar-refractivity contribution in [1.29, 1.82) is 0 Å². The Hall–Kier alpha value is -1.55. The van der Waals surface area contributed by atoms with Crippen LogP contribution in [-0.2, 0) is 4.79 Å². The van der Waals surface area contributed by atoms with Gasteiger partial charge in [-0.1, -0.05) is 31.0 Å². The molecule has 1 N–H and O–H groups in total. The van der Waals surface area contributed by atoms with Crippen LogP contribution >= 0.6 is 0 Å². The van der Waals surface area contributed by atoms with Crippen molar-refractivity contribution in [2.45, 2.75) is 50.6 Å². The zero-order valence-corrected chi connectivity index (χ0v) is 14.2. The molecule has 0 bridgehead atoms. The molecule has 4 nitrogen and oxygen atoms in total. The van der Waals surface area contributed by atoms with Crippen molar-refractivity contribution in [3.63, 3.8) is 0 Å². The molecule has 3 rings (SSSR count). The lowest BCUT2D eigenvalue weighted by Crippen LogP contribution is -2.54. The lowest BCUT2D eigenvalue weighted by Gasteiger charge is -2.42. The molecule has 126 valence electrons. The van der Waals surface area contributed by atoms with Crippen LogP contribution in [0.3, 0.4) is 0 Å².